The van der Waals surface area contributed by atoms with Crippen LogP contribution in [0.1, 0.15) is 284 Å². The number of hydrogen-bond donors (Lipinski definition) is 3. The number of esters is 1. The fraction of sp³-hybridized carbons (Fsp3) is 0.889. The van der Waals surface area contributed by atoms with Crippen LogP contribution in [0.5, 0.6) is 0 Å². The van der Waals surface area contributed by atoms with E-state index < -0.39 is 12.1 Å². The quantitative estimate of drug-likeness (QED) is 0.0322. The Balaban J connectivity index is 3.46. The topological polar surface area (TPSA) is 95.9 Å². The van der Waals surface area contributed by atoms with Crippen LogP contribution in [0.2, 0.25) is 0 Å². The van der Waals surface area contributed by atoms with Gasteiger partial charge in [0.15, 0.2) is 0 Å². The number of amides is 1. The Morgan fingerprint density at radius 2 is 0.783 bits per heavy atom. The Morgan fingerprint density at radius 1 is 0.450 bits per heavy atom. The van der Waals surface area contributed by atoms with E-state index in [-0.39, 0.29) is 18.5 Å². The van der Waals surface area contributed by atoms with Crippen molar-refractivity contribution in [1.82, 2.24) is 5.32 Å². The van der Waals surface area contributed by atoms with E-state index in [0.29, 0.717) is 19.4 Å². The maximum absolute atomic E-state index is 12.4. The number of ether oxygens (including phenoxy) is 1. The van der Waals surface area contributed by atoms with Gasteiger partial charge >= 0.3 is 5.97 Å². The smallest absolute Gasteiger partial charge is 0.305 e. The van der Waals surface area contributed by atoms with Gasteiger partial charge in [0.2, 0.25) is 5.91 Å². The number of carbonyl (C=O) groups is 2. The fourth-order valence-electron chi connectivity index (χ4n) is 8.10. The van der Waals surface area contributed by atoms with Crippen molar-refractivity contribution in [2.45, 2.75) is 296 Å². The summed E-state index contributed by atoms with van der Waals surface area (Å²) in [6.45, 7) is 4.87. The first kappa shape index (κ1) is 58.3. The highest BCUT2D eigenvalue weighted by molar-refractivity contribution is 5.76. The molecule has 0 aromatic heterocycles. The Bertz CT molecular complexity index is 935. The summed E-state index contributed by atoms with van der Waals surface area (Å²) in [6.07, 6.45) is 58.9. The Kier molecular flexibility index (Phi) is 48.6. The van der Waals surface area contributed by atoms with E-state index in [1.54, 1.807) is 6.08 Å². The number of unbranched alkanes of at least 4 members (excludes halogenated alkanes) is 36. The minimum atomic E-state index is -0.848. The van der Waals surface area contributed by atoms with Gasteiger partial charge in [-0.25, -0.2) is 0 Å². The predicted molar refractivity (Wildman–Crippen MR) is 260 cm³/mol. The number of hydrogen-bond acceptors (Lipinski definition) is 5. The Labute approximate surface area is 373 Å². The van der Waals surface area contributed by atoms with Crippen LogP contribution >= 0.6 is 0 Å². The highest BCUT2D eigenvalue weighted by Gasteiger charge is 2.18. The van der Waals surface area contributed by atoms with Crippen LogP contribution in [0, 0.1) is 0 Å². The molecule has 0 heterocycles. The minimum Gasteiger partial charge on any atom is -0.466 e. The lowest BCUT2D eigenvalue weighted by Crippen LogP contribution is -2.45. The molecule has 2 atom stereocenters. The van der Waals surface area contributed by atoms with Crippen LogP contribution in [0.3, 0.4) is 0 Å². The molecule has 0 bridgehead atoms. The maximum atomic E-state index is 12.4. The molecule has 2 unspecified atom stereocenters. The molecule has 0 aliphatic rings. The molecular weight excluding hydrogens is 743 g/mol. The molecule has 0 spiro atoms. The van der Waals surface area contributed by atoms with E-state index in [4.69, 9.17) is 4.74 Å². The molecule has 354 valence electrons. The second-order valence-corrected chi connectivity index (χ2v) is 18.2. The third-order valence-electron chi connectivity index (χ3n) is 12.2. The van der Waals surface area contributed by atoms with E-state index in [9.17, 15) is 19.8 Å². The normalized spacial score (nSPS) is 12.8. The van der Waals surface area contributed by atoms with Crippen molar-refractivity contribution >= 4 is 11.9 Å². The van der Waals surface area contributed by atoms with Crippen molar-refractivity contribution in [2.24, 2.45) is 0 Å². The summed E-state index contributed by atoms with van der Waals surface area (Å²) in [4.78, 5) is 24.4. The largest absolute Gasteiger partial charge is 0.466 e. The second-order valence-electron chi connectivity index (χ2n) is 18.2. The number of allylic oxidation sites excluding steroid dienone is 3. The number of rotatable bonds is 49. The zero-order chi connectivity index (χ0) is 43.7. The lowest BCUT2D eigenvalue weighted by atomic mass is 10.0. The van der Waals surface area contributed by atoms with Crippen LogP contribution in [-0.2, 0) is 14.3 Å². The van der Waals surface area contributed by atoms with Gasteiger partial charge in [0.25, 0.3) is 0 Å². The van der Waals surface area contributed by atoms with Gasteiger partial charge in [-0.05, 0) is 57.8 Å². The van der Waals surface area contributed by atoms with Gasteiger partial charge in [-0.1, -0.05) is 237 Å². The first-order valence-corrected chi connectivity index (χ1v) is 26.6. The van der Waals surface area contributed by atoms with Crippen molar-refractivity contribution < 1.29 is 24.5 Å². The van der Waals surface area contributed by atoms with Crippen LogP contribution in [-0.4, -0.2) is 47.4 Å². The number of carbonyl (C=O) groups excluding carboxylic acids is 2. The molecule has 0 fully saturated rings. The summed E-state index contributed by atoms with van der Waals surface area (Å²) in [5.74, 6) is -0.0821. The van der Waals surface area contributed by atoms with Crippen molar-refractivity contribution in [2.75, 3.05) is 13.2 Å². The number of aliphatic hydroxyl groups excluding tert-OH is 2. The summed E-state index contributed by atoms with van der Waals surface area (Å²) in [7, 11) is 0. The molecule has 0 aromatic carbocycles. The van der Waals surface area contributed by atoms with Crippen molar-refractivity contribution in [1.29, 1.82) is 0 Å². The van der Waals surface area contributed by atoms with Crippen molar-refractivity contribution in [3.05, 3.63) is 24.3 Å². The van der Waals surface area contributed by atoms with Crippen LogP contribution < -0.4 is 5.32 Å². The standard InChI is InChI=1S/C54H103NO5/c1-3-5-7-9-11-13-15-17-23-26-30-34-38-42-46-52(57)51(50-56)55-53(58)47-43-39-35-31-27-24-20-18-19-21-25-29-33-37-41-45-49-60-54(59)48-44-40-36-32-28-22-16-14-12-10-8-6-4-2/h14,16,42,46,51-52,56-57H,3-13,15,17-41,43-45,47-50H2,1-2H3,(H,55,58)/b16-14-,46-42+. The van der Waals surface area contributed by atoms with E-state index in [1.165, 1.54) is 212 Å². The monoisotopic (exact) mass is 846 g/mol. The molecule has 0 saturated heterocycles. The number of nitrogens with one attached hydrogen (secondary N) is 1. The summed E-state index contributed by atoms with van der Waals surface area (Å²) in [6, 6.07) is -0.632. The highest BCUT2D eigenvalue weighted by atomic mass is 16.5. The minimum absolute atomic E-state index is 0.00732. The molecule has 0 aliphatic heterocycles. The fourth-order valence-corrected chi connectivity index (χ4v) is 8.10. The molecule has 3 N–H and O–H groups in total. The second kappa shape index (κ2) is 50.0. The first-order chi connectivity index (χ1) is 29.5. The van der Waals surface area contributed by atoms with Gasteiger partial charge in [0.05, 0.1) is 25.4 Å². The van der Waals surface area contributed by atoms with E-state index in [1.807, 2.05) is 6.08 Å². The Hall–Kier alpha value is -1.66. The maximum Gasteiger partial charge on any atom is 0.305 e. The van der Waals surface area contributed by atoms with Crippen LogP contribution in [0.15, 0.2) is 24.3 Å². The van der Waals surface area contributed by atoms with E-state index in [0.717, 1.165) is 44.9 Å². The van der Waals surface area contributed by atoms with Crippen molar-refractivity contribution in [3.63, 3.8) is 0 Å². The zero-order valence-electron chi connectivity index (χ0n) is 40.2. The lowest BCUT2D eigenvalue weighted by Gasteiger charge is -2.20. The molecule has 60 heavy (non-hydrogen) atoms. The molecule has 0 aromatic rings. The SMILES string of the molecule is CCCCCC/C=C\CCCCCCCC(=O)OCCCCCCCCCCCCCCCCCCC(=O)NC(CO)C(O)/C=C/CCCCCCCCCCCCCC. The van der Waals surface area contributed by atoms with E-state index >= 15 is 0 Å². The molecule has 1 amide bonds. The number of aliphatic hydroxyl groups is 2. The molecule has 0 radical (unpaired) electrons. The van der Waals surface area contributed by atoms with Gasteiger partial charge in [-0.2, -0.15) is 0 Å². The molecule has 0 aliphatic carbocycles. The summed E-state index contributed by atoms with van der Waals surface area (Å²) < 4.78 is 5.46. The van der Waals surface area contributed by atoms with Crippen molar-refractivity contribution in [3.8, 4) is 0 Å². The predicted octanol–water partition coefficient (Wildman–Crippen LogP) is 15.9. The summed E-state index contributed by atoms with van der Waals surface area (Å²) in [5, 5.41) is 23.1. The average Bonchev–Trinajstić information content (AvgIpc) is 3.25. The van der Waals surface area contributed by atoms with Crippen LogP contribution in [0.25, 0.3) is 0 Å². The molecule has 0 saturated carbocycles. The first-order valence-electron chi connectivity index (χ1n) is 26.6. The lowest BCUT2D eigenvalue weighted by molar-refractivity contribution is -0.143. The summed E-state index contributed by atoms with van der Waals surface area (Å²) >= 11 is 0. The van der Waals surface area contributed by atoms with Gasteiger partial charge in [-0.3, -0.25) is 9.59 Å². The third kappa shape index (κ3) is 45.9. The van der Waals surface area contributed by atoms with E-state index in [2.05, 4.69) is 31.3 Å². The van der Waals surface area contributed by atoms with Gasteiger partial charge in [0, 0.05) is 12.8 Å². The highest BCUT2D eigenvalue weighted by Crippen LogP contribution is 2.16. The summed E-state index contributed by atoms with van der Waals surface area (Å²) in [5.41, 5.74) is 0. The molecule has 6 heteroatoms. The average molecular weight is 846 g/mol. The van der Waals surface area contributed by atoms with Crippen LogP contribution in [0.4, 0.5) is 0 Å². The third-order valence-corrected chi connectivity index (χ3v) is 12.2. The Morgan fingerprint density at radius 3 is 1.20 bits per heavy atom. The zero-order valence-corrected chi connectivity index (χ0v) is 40.2. The van der Waals surface area contributed by atoms with Gasteiger partial charge < -0.3 is 20.3 Å². The van der Waals surface area contributed by atoms with Gasteiger partial charge in [-0.15, -0.1) is 0 Å². The molecule has 0 rings (SSSR count). The molecular formula is C54H103NO5. The molecule has 6 nitrogen and oxygen atoms in total. The van der Waals surface area contributed by atoms with Gasteiger partial charge in [0.1, 0.15) is 0 Å².